The van der Waals surface area contributed by atoms with Crippen molar-refractivity contribution in [2.45, 2.75) is 20.0 Å². The van der Waals surface area contributed by atoms with Gasteiger partial charge in [-0.3, -0.25) is 4.79 Å². The number of rotatable bonds is 5. The zero-order valence-electron chi connectivity index (χ0n) is 10.4. The molecule has 17 heavy (non-hydrogen) atoms. The van der Waals surface area contributed by atoms with Gasteiger partial charge in [-0.1, -0.05) is 26.0 Å². The van der Waals surface area contributed by atoms with Crippen LogP contribution in [0.4, 0.5) is 0 Å². The lowest BCUT2D eigenvalue weighted by Crippen LogP contribution is -2.36. The first kappa shape index (κ1) is 14.4. The quantitative estimate of drug-likeness (QED) is 0.832. The molecule has 1 unspecified atom stereocenters. The molecule has 1 rings (SSSR count). The van der Waals surface area contributed by atoms with E-state index in [9.17, 15) is 4.79 Å². The Morgan fingerprint density at radius 2 is 2.06 bits per heavy atom. The molecule has 0 fully saturated rings. The number of carbonyl (C=O) groups excluding carboxylic acids is 1. The molecule has 0 radical (unpaired) electrons. The number of carbonyl (C=O) groups is 1. The minimum atomic E-state index is -0.0438. The van der Waals surface area contributed by atoms with E-state index in [1.54, 1.807) is 7.11 Å². The molecule has 0 spiro atoms. The topological polar surface area (TPSA) is 38.3 Å². The molecule has 0 aromatic heterocycles. The van der Waals surface area contributed by atoms with Gasteiger partial charge in [-0.25, -0.2) is 0 Å². The van der Waals surface area contributed by atoms with Gasteiger partial charge < -0.3 is 10.1 Å². The number of methoxy groups -OCH3 is 1. The molecule has 3 nitrogen and oxygen atoms in total. The Kier molecular flexibility index (Phi) is 5.91. The summed E-state index contributed by atoms with van der Waals surface area (Å²) in [6.07, 6.45) is 0.0559. The Bertz CT molecular complexity index is 379. The number of ether oxygens (including phenoxy) is 1. The van der Waals surface area contributed by atoms with Crippen molar-refractivity contribution in [3.8, 4) is 0 Å². The first-order chi connectivity index (χ1) is 8.06. The number of benzene rings is 1. The fourth-order valence-electron chi connectivity index (χ4n) is 1.53. The van der Waals surface area contributed by atoms with Crippen LogP contribution in [0.25, 0.3) is 0 Å². The number of hydrogen-bond donors (Lipinski definition) is 1. The molecular formula is C13H18INO2. The highest BCUT2D eigenvalue weighted by molar-refractivity contribution is 14.1. The Morgan fingerprint density at radius 1 is 1.41 bits per heavy atom. The number of halogens is 1. The van der Waals surface area contributed by atoms with Gasteiger partial charge in [-0.15, -0.1) is 0 Å². The van der Waals surface area contributed by atoms with Crippen molar-refractivity contribution in [3.63, 3.8) is 0 Å². The van der Waals surface area contributed by atoms with Crippen LogP contribution in [0.5, 0.6) is 0 Å². The average Bonchev–Trinajstić information content (AvgIpc) is 2.29. The third kappa shape index (κ3) is 4.27. The highest BCUT2D eigenvalue weighted by atomic mass is 127. The average molecular weight is 347 g/mol. The van der Waals surface area contributed by atoms with Gasteiger partial charge in [-0.05, 0) is 40.6 Å². The van der Waals surface area contributed by atoms with Crippen LogP contribution in [0.15, 0.2) is 24.3 Å². The minimum Gasteiger partial charge on any atom is -0.379 e. The first-order valence-electron chi connectivity index (χ1n) is 5.61. The molecule has 0 heterocycles. The van der Waals surface area contributed by atoms with Crippen molar-refractivity contribution >= 4 is 28.5 Å². The summed E-state index contributed by atoms with van der Waals surface area (Å²) in [6, 6.07) is 7.54. The molecule has 94 valence electrons. The lowest BCUT2D eigenvalue weighted by molar-refractivity contribution is 0.0604. The van der Waals surface area contributed by atoms with Crippen LogP contribution in [0.2, 0.25) is 0 Å². The van der Waals surface area contributed by atoms with Crippen LogP contribution in [-0.4, -0.2) is 25.7 Å². The molecule has 1 amide bonds. The molecule has 0 bridgehead atoms. The van der Waals surface area contributed by atoms with Gasteiger partial charge in [0.2, 0.25) is 0 Å². The van der Waals surface area contributed by atoms with Crippen LogP contribution < -0.4 is 5.32 Å². The third-order valence-corrected chi connectivity index (χ3v) is 3.57. The first-order valence-corrected chi connectivity index (χ1v) is 6.69. The zero-order valence-corrected chi connectivity index (χ0v) is 12.5. The summed E-state index contributed by atoms with van der Waals surface area (Å²) in [4.78, 5) is 11.9. The molecule has 0 aliphatic heterocycles. The molecular weight excluding hydrogens is 329 g/mol. The lowest BCUT2D eigenvalue weighted by Gasteiger charge is -2.19. The van der Waals surface area contributed by atoms with Crippen LogP contribution in [0.1, 0.15) is 24.2 Å². The molecule has 1 atom stereocenters. The smallest absolute Gasteiger partial charge is 0.252 e. The summed E-state index contributed by atoms with van der Waals surface area (Å²) in [5.74, 6) is 0.341. The Morgan fingerprint density at radius 3 is 2.59 bits per heavy atom. The van der Waals surface area contributed by atoms with Crippen LogP contribution >= 0.6 is 22.6 Å². The molecule has 0 aliphatic carbocycles. The van der Waals surface area contributed by atoms with E-state index in [2.05, 4.69) is 41.8 Å². The second-order valence-electron chi connectivity index (χ2n) is 4.21. The predicted octanol–water partition coefficient (Wildman–Crippen LogP) is 2.69. The fraction of sp³-hybridized carbons (Fsp3) is 0.462. The van der Waals surface area contributed by atoms with E-state index in [0.717, 1.165) is 3.57 Å². The number of hydrogen-bond acceptors (Lipinski definition) is 2. The largest absolute Gasteiger partial charge is 0.379 e. The summed E-state index contributed by atoms with van der Waals surface area (Å²) in [6.45, 7) is 4.69. The van der Waals surface area contributed by atoms with E-state index >= 15 is 0 Å². The van der Waals surface area contributed by atoms with Crippen molar-refractivity contribution in [3.05, 3.63) is 33.4 Å². The van der Waals surface area contributed by atoms with Gasteiger partial charge in [0, 0.05) is 17.2 Å². The maximum absolute atomic E-state index is 11.9. The maximum Gasteiger partial charge on any atom is 0.252 e. The monoisotopic (exact) mass is 347 g/mol. The Hall–Kier alpha value is -0.620. The summed E-state index contributed by atoms with van der Waals surface area (Å²) >= 11 is 2.16. The van der Waals surface area contributed by atoms with Crippen molar-refractivity contribution < 1.29 is 9.53 Å². The summed E-state index contributed by atoms with van der Waals surface area (Å²) < 4.78 is 6.27. The van der Waals surface area contributed by atoms with Crippen molar-refractivity contribution in [2.24, 2.45) is 5.92 Å². The van der Waals surface area contributed by atoms with Crippen LogP contribution in [0, 0.1) is 9.49 Å². The van der Waals surface area contributed by atoms with E-state index in [1.807, 2.05) is 24.3 Å². The maximum atomic E-state index is 11.9. The van der Waals surface area contributed by atoms with Crippen LogP contribution in [0.3, 0.4) is 0 Å². The second kappa shape index (κ2) is 6.96. The standard InChI is InChI=1S/C13H18INO2/c1-9(2)12(17-3)8-15-13(16)10-6-4-5-7-11(10)14/h4-7,9,12H,8H2,1-3H3,(H,15,16). The zero-order chi connectivity index (χ0) is 12.8. The second-order valence-corrected chi connectivity index (χ2v) is 5.37. The normalized spacial score (nSPS) is 12.5. The highest BCUT2D eigenvalue weighted by Gasteiger charge is 2.15. The molecule has 0 aliphatic rings. The number of amides is 1. The van der Waals surface area contributed by atoms with Gasteiger partial charge in [0.25, 0.3) is 5.91 Å². The van der Waals surface area contributed by atoms with Gasteiger partial charge in [-0.2, -0.15) is 0 Å². The van der Waals surface area contributed by atoms with Gasteiger partial charge in [0.15, 0.2) is 0 Å². The van der Waals surface area contributed by atoms with E-state index in [4.69, 9.17) is 4.74 Å². The summed E-state index contributed by atoms with van der Waals surface area (Å²) in [5.41, 5.74) is 0.715. The Labute approximate surface area is 116 Å². The van der Waals surface area contributed by atoms with E-state index < -0.39 is 0 Å². The SMILES string of the molecule is COC(CNC(=O)c1ccccc1I)C(C)C. The molecule has 1 N–H and O–H groups in total. The molecule has 1 aromatic carbocycles. The van der Waals surface area contributed by atoms with Gasteiger partial charge in [0.1, 0.15) is 0 Å². The van der Waals surface area contributed by atoms with E-state index in [-0.39, 0.29) is 12.0 Å². The highest BCUT2D eigenvalue weighted by Crippen LogP contribution is 2.11. The van der Waals surface area contributed by atoms with Crippen LogP contribution in [-0.2, 0) is 4.74 Å². The molecule has 0 saturated heterocycles. The predicted molar refractivity (Wildman–Crippen MR) is 77.1 cm³/mol. The summed E-state index contributed by atoms with van der Waals surface area (Å²) in [5, 5.41) is 2.90. The van der Waals surface area contributed by atoms with Crippen molar-refractivity contribution in [1.82, 2.24) is 5.32 Å². The Balaban J connectivity index is 2.59. The molecule has 1 aromatic rings. The van der Waals surface area contributed by atoms with E-state index in [0.29, 0.717) is 18.0 Å². The fourth-order valence-corrected chi connectivity index (χ4v) is 2.16. The molecule has 0 saturated carbocycles. The minimum absolute atomic E-state index is 0.0438. The lowest BCUT2D eigenvalue weighted by atomic mass is 10.1. The van der Waals surface area contributed by atoms with E-state index in [1.165, 1.54) is 0 Å². The third-order valence-electron chi connectivity index (χ3n) is 2.63. The summed E-state index contributed by atoms with van der Waals surface area (Å²) in [7, 11) is 1.67. The molecule has 4 heteroatoms. The van der Waals surface area contributed by atoms with Gasteiger partial charge in [0.05, 0.1) is 11.7 Å². The number of nitrogens with one attached hydrogen (secondary N) is 1. The van der Waals surface area contributed by atoms with Gasteiger partial charge >= 0.3 is 0 Å². The van der Waals surface area contributed by atoms with Crippen molar-refractivity contribution in [1.29, 1.82) is 0 Å². The van der Waals surface area contributed by atoms with Crippen molar-refractivity contribution in [2.75, 3.05) is 13.7 Å².